The first-order valence-corrected chi connectivity index (χ1v) is 4.35. The van der Waals surface area contributed by atoms with Crippen LogP contribution in [-0.4, -0.2) is 11.6 Å². The Labute approximate surface area is 70.5 Å². The lowest BCUT2D eigenvalue weighted by Gasteiger charge is -1.89. The molecule has 0 aliphatic rings. The normalized spacial score (nSPS) is 10.7. The fraction of sp³-hybridized carbons (Fsp3) is 0.375. The Hall–Kier alpha value is -0.830. The lowest BCUT2D eigenvalue weighted by atomic mass is 10.5. The van der Waals surface area contributed by atoms with Crippen molar-refractivity contribution in [3.63, 3.8) is 0 Å². The van der Waals surface area contributed by atoms with Gasteiger partial charge in [-0.1, -0.05) is 0 Å². The molecule has 11 heavy (non-hydrogen) atoms. The smallest absolute Gasteiger partial charge is 0.0900 e. The van der Waals surface area contributed by atoms with Crippen molar-refractivity contribution in [3.8, 4) is 0 Å². The molecule has 60 valence electrons. The van der Waals surface area contributed by atoms with Crippen molar-refractivity contribution in [3.05, 3.63) is 22.3 Å². The molecule has 0 N–H and O–H groups in total. The van der Waals surface area contributed by atoms with Crippen LogP contribution in [0.2, 0.25) is 0 Å². The highest BCUT2D eigenvalue weighted by Crippen LogP contribution is 2.12. The molecule has 1 rings (SSSR count). The van der Waals surface area contributed by atoms with Gasteiger partial charge in [-0.05, 0) is 19.9 Å². The van der Waals surface area contributed by atoms with Crippen molar-refractivity contribution in [2.24, 2.45) is 0 Å². The molecule has 1 aromatic rings. The molecule has 0 spiro atoms. The average Bonchev–Trinajstić information content (AvgIpc) is 2.37. The van der Waals surface area contributed by atoms with E-state index in [1.54, 1.807) is 17.6 Å². The van der Waals surface area contributed by atoms with Gasteiger partial charge in [0.15, 0.2) is 0 Å². The Morgan fingerprint density at radius 3 is 3.09 bits per heavy atom. The van der Waals surface area contributed by atoms with Crippen molar-refractivity contribution in [1.82, 2.24) is 4.98 Å². The monoisotopic (exact) mass is 169 g/mol. The quantitative estimate of drug-likeness (QED) is 0.648. The van der Waals surface area contributed by atoms with Crippen LogP contribution in [-0.2, 0) is 4.74 Å². The number of ether oxygens (including phenoxy) is 1. The topological polar surface area (TPSA) is 22.1 Å². The number of rotatable bonds is 3. The van der Waals surface area contributed by atoms with Crippen LogP contribution in [0.3, 0.4) is 0 Å². The van der Waals surface area contributed by atoms with Crippen molar-refractivity contribution in [1.29, 1.82) is 0 Å². The zero-order chi connectivity index (χ0) is 8.10. The number of thiazole rings is 1. The number of aromatic nitrogens is 1. The third-order valence-corrected chi connectivity index (χ3v) is 2.01. The first kappa shape index (κ1) is 8.27. The number of hydrogen-bond acceptors (Lipinski definition) is 3. The van der Waals surface area contributed by atoms with Gasteiger partial charge in [-0.3, -0.25) is 0 Å². The minimum atomic E-state index is 0.717. The largest absolute Gasteiger partial charge is 0.501 e. The van der Waals surface area contributed by atoms with Crippen LogP contribution in [0.25, 0.3) is 6.08 Å². The van der Waals surface area contributed by atoms with Crippen LogP contribution < -0.4 is 0 Å². The molecule has 0 bridgehead atoms. The van der Waals surface area contributed by atoms with E-state index < -0.39 is 0 Å². The van der Waals surface area contributed by atoms with Gasteiger partial charge in [0, 0.05) is 6.20 Å². The molecule has 1 heterocycles. The number of hydrogen-bond donors (Lipinski definition) is 0. The van der Waals surface area contributed by atoms with Crippen LogP contribution >= 0.6 is 11.3 Å². The molecule has 0 aliphatic heterocycles. The summed E-state index contributed by atoms with van der Waals surface area (Å²) in [5.41, 5.74) is 0. The van der Waals surface area contributed by atoms with Crippen LogP contribution in [0, 0.1) is 6.92 Å². The second-order valence-corrected chi connectivity index (χ2v) is 3.31. The van der Waals surface area contributed by atoms with Crippen LogP contribution in [0.4, 0.5) is 0 Å². The molecule has 0 amide bonds. The molecule has 0 aromatic carbocycles. The fourth-order valence-electron chi connectivity index (χ4n) is 0.666. The molecule has 2 nitrogen and oxygen atoms in total. The second kappa shape index (κ2) is 4.13. The summed E-state index contributed by atoms with van der Waals surface area (Å²) in [6.07, 6.45) is 5.47. The summed E-state index contributed by atoms with van der Waals surface area (Å²) < 4.78 is 5.05. The van der Waals surface area contributed by atoms with E-state index in [-0.39, 0.29) is 0 Å². The molecule has 0 radical (unpaired) electrons. The minimum Gasteiger partial charge on any atom is -0.501 e. The van der Waals surface area contributed by atoms with Gasteiger partial charge in [0.1, 0.15) is 0 Å². The van der Waals surface area contributed by atoms with E-state index in [1.807, 2.05) is 26.1 Å². The molecular formula is C8H11NOS. The fourth-order valence-corrected chi connectivity index (χ4v) is 1.34. The molecule has 0 saturated carbocycles. The maximum atomic E-state index is 5.05. The highest BCUT2D eigenvalue weighted by atomic mass is 32.1. The van der Waals surface area contributed by atoms with E-state index in [0.717, 1.165) is 9.88 Å². The third kappa shape index (κ3) is 2.72. The molecule has 0 saturated heterocycles. The van der Waals surface area contributed by atoms with Gasteiger partial charge in [0.25, 0.3) is 0 Å². The van der Waals surface area contributed by atoms with Gasteiger partial charge >= 0.3 is 0 Å². The van der Waals surface area contributed by atoms with Gasteiger partial charge in [-0.2, -0.15) is 0 Å². The summed E-state index contributed by atoms with van der Waals surface area (Å²) in [4.78, 5) is 5.24. The van der Waals surface area contributed by atoms with Crippen molar-refractivity contribution in [2.75, 3.05) is 6.61 Å². The standard InChI is InChI=1S/C8H11NOS/c1-3-10-5-4-8-6-9-7(2)11-8/h4-6H,3H2,1-2H3/b5-4+. The van der Waals surface area contributed by atoms with E-state index >= 15 is 0 Å². The zero-order valence-corrected chi connectivity index (χ0v) is 7.52. The molecule has 0 fully saturated rings. The Balaban J connectivity index is 2.50. The average molecular weight is 169 g/mol. The summed E-state index contributed by atoms with van der Waals surface area (Å²) in [6, 6.07) is 0. The molecular weight excluding hydrogens is 158 g/mol. The molecule has 3 heteroatoms. The van der Waals surface area contributed by atoms with Gasteiger partial charge in [-0.15, -0.1) is 11.3 Å². The van der Waals surface area contributed by atoms with Crippen molar-refractivity contribution in [2.45, 2.75) is 13.8 Å². The summed E-state index contributed by atoms with van der Waals surface area (Å²) in [6.45, 7) is 4.67. The van der Waals surface area contributed by atoms with Crippen LogP contribution in [0.1, 0.15) is 16.8 Å². The Bertz CT molecular complexity index is 242. The van der Waals surface area contributed by atoms with Crippen LogP contribution in [0.15, 0.2) is 12.5 Å². The van der Waals surface area contributed by atoms with Crippen molar-refractivity contribution < 1.29 is 4.74 Å². The minimum absolute atomic E-state index is 0.717. The Morgan fingerprint density at radius 1 is 1.73 bits per heavy atom. The van der Waals surface area contributed by atoms with E-state index in [2.05, 4.69) is 4.98 Å². The van der Waals surface area contributed by atoms with Gasteiger partial charge in [-0.25, -0.2) is 4.98 Å². The van der Waals surface area contributed by atoms with Gasteiger partial charge in [0.2, 0.25) is 0 Å². The second-order valence-electron chi connectivity index (χ2n) is 2.04. The van der Waals surface area contributed by atoms with Gasteiger partial charge < -0.3 is 4.74 Å². The highest BCUT2D eigenvalue weighted by Gasteiger charge is 1.91. The van der Waals surface area contributed by atoms with Crippen LogP contribution in [0.5, 0.6) is 0 Å². The highest BCUT2D eigenvalue weighted by molar-refractivity contribution is 7.12. The zero-order valence-electron chi connectivity index (χ0n) is 6.70. The first-order chi connectivity index (χ1) is 5.33. The summed E-state index contributed by atoms with van der Waals surface area (Å²) in [7, 11) is 0. The molecule has 0 atom stereocenters. The maximum Gasteiger partial charge on any atom is 0.0900 e. The van der Waals surface area contributed by atoms with E-state index in [4.69, 9.17) is 4.74 Å². The third-order valence-electron chi connectivity index (χ3n) is 1.13. The molecule has 0 unspecified atom stereocenters. The molecule has 0 aliphatic carbocycles. The lowest BCUT2D eigenvalue weighted by molar-refractivity contribution is 0.272. The van der Waals surface area contributed by atoms with Gasteiger partial charge in [0.05, 0.1) is 22.8 Å². The number of nitrogens with zero attached hydrogens (tertiary/aromatic N) is 1. The Morgan fingerprint density at radius 2 is 2.55 bits per heavy atom. The SMILES string of the molecule is CCO/C=C/c1cnc(C)s1. The Kier molecular flexibility index (Phi) is 3.11. The lowest BCUT2D eigenvalue weighted by Crippen LogP contribution is -1.74. The predicted octanol–water partition coefficient (Wildman–Crippen LogP) is 2.46. The molecule has 1 aromatic heterocycles. The summed E-state index contributed by atoms with van der Waals surface area (Å²) in [5.74, 6) is 0. The summed E-state index contributed by atoms with van der Waals surface area (Å²) in [5, 5.41) is 1.08. The van der Waals surface area contributed by atoms with Crippen molar-refractivity contribution >= 4 is 17.4 Å². The number of aryl methyl sites for hydroxylation is 1. The first-order valence-electron chi connectivity index (χ1n) is 3.53. The summed E-state index contributed by atoms with van der Waals surface area (Å²) >= 11 is 1.66. The van der Waals surface area contributed by atoms with E-state index in [1.165, 1.54) is 0 Å². The van der Waals surface area contributed by atoms with E-state index in [0.29, 0.717) is 6.61 Å². The van der Waals surface area contributed by atoms with E-state index in [9.17, 15) is 0 Å². The maximum absolute atomic E-state index is 5.05. The predicted molar refractivity (Wildman–Crippen MR) is 47.5 cm³/mol.